The molecule has 0 bridgehead atoms. The fourth-order valence-corrected chi connectivity index (χ4v) is 3.34. The second-order valence-corrected chi connectivity index (χ2v) is 7.00. The van der Waals surface area contributed by atoms with Crippen molar-refractivity contribution in [2.24, 2.45) is 5.73 Å². The van der Waals surface area contributed by atoms with Crippen molar-refractivity contribution in [2.75, 3.05) is 5.32 Å². The normalized spacial score (nSPS) is 10.9. The van der Waals surface area contributed by atoms with E-state index in [1.54, 1.807) is 12.4 Å². The molecule has 2 amide bonds. The number of hydrogen-bond acceptors (Lipinski definition) is 5. The third-order valence-electron chi connectivity index (χ3n) is 4.59. The molecule has 0 fully saturated rings. The van der Waals surface area contributed by atoms with Gasteiger partial charge in [-0.2, -0.15) is 0 Å². The molecule has 0 unspecified atom stereocenters. The van der Waals surface area contributed by atoms with E-state index in [1.165, 1.54) is 6.92 Å². The molecule has 3 N–H and O–H groups in total. The lowest BCUT2D eigenvalue weighted by Gasteiger charge is -2.12. The molecular weight excluding hydrogens is 380 g/mol. The lowest BCUT2D eigenvalue weighted by atomic mass is 10.0. The van der Waals surface area contributed by atoms with Crippen LogP contribution in [0.15, 0.2) is 55.0 Å². The molecular formula is C22H20N6O2. The Morgan fingerprint density at radius 1 is 1.13 bits per heavy atom. The molecule has 4 aromatic rings. The average Bonchev–Trinajstić information content (AvgIpc) is 3.09. The average molecular weight is 400 g/mol. The minimum Gasteiger partial charge on any atom is -0.369 e. The van der Waals surface area contributed by atoms with E-state index in [0.29, 0.717) is 22.7 Å². The summed E-state index contributed by atoms with van der Waals surface area (Å²) in [6, 6.07) is 11.4. The number of nitrogens with one attached hydrogen (secondary N) is 1. The molecule has 4 rings (SSSR count). The summed E-state index contributed by atoms with van der Waals surface area (Å²) in [6.45, 7) is 3.37. The first-order valence-corrected chi connectivity index (χ1v) is 9.37. The zero-order chi connectivity index (χ0) is 21.3. The van der Waals surface area contributed by atoms with Crippen LogP contribution >= 0.6 is 0 Å². The molecule has 0 saturated carbocycles. The molecule has 8 nitrogen and oxygen atoms in total. The Kier molecular flexibility index (Phi) is 4.97. The van der Waals surface area contributed by atoms with Crippen molar-refractivity contribution >= 4 is 23.1 Å². The van der Waals surface area contributed by atoms with Crippen molar-refractivity contribution in [3.8, 4) is 22.5 Å². The maximum atomic E-state index is 11.5. The van der Waals surface area contributed by atoms with Crippen molar-refractivity contribution in [1.82, 2.24) is 19.4 Å². The third kappa shape index (κ3) is 3.88. The van der Waals surface area contributed by atoms with E-state index in [4.69, 9.17) is 5.73 Å². The Labute approximate surface area is 172 Å². The van der Waals surface area contributed by atoms with E-state index in [-0.39, 0.29) is 12.3 Å². The Hall–Kier alpha value is -4.07. The SMILES string of the molecule is CC(=O)Nc1cnc(-c2cccc(C)n2)c(-c2ccc3ncc(CC(N)=O)n3c2)c1. The van der Waals surface area contributed by atoms with Gasteiger partial charge < -0.3 is 15.5 Å². The number of rotatable bonds is 5. The summed E-state index contributed by atoms with van der Waals surface area (Å²) >= 11 is 0. The van der Waals surface area contributed by atoms with Crippen LogP contribution in [0.2, 0.25) is 0 Å². The van der Waals surface area contributed by atoms with Crippen LogP contribution in [0.4, 0.5) is 5.69 Å². The number of aromatic nitrogens is 4. The number of nitrogens with zero attached hydrogens (tertiary/aromatic N) is 4. The van der Waals surface area contributed by atoms with Crippen LogP contribution in [-0.2, 0) is 16.0 Å². The topological polar surface area (TPSA) is 115 Å². The molecule has 0 atom stereocenters. The van der Waals surface area contributed by atoms with Gasteiger partial charge in [0.25, 0.3) is 0 Å². The summed E-state index contributed by atoms with van der Waals surface area (Å²) in [5, 5.41) is 2.77. The highest BCUT2D eigenvalue weighted by Crippen LogP contribution is 2.32. The van der Waals surface area contributed by atoms with Gasteiger partial charge in [-0.3, -0.25) is 19.6 Å². The van der Waals surface area contributed by atoms with Crippen LogP contribution in [0.5, 0.6) is 0 Å². The van der Waals surface area contributed by atoms with E-state index < -0.39 is 5.91 Å². The monoisotopic (exact) mass is 400 g/mol. The van der Waals surface area contributed by atoms with E-state index >= 15 is 0 Å². The van der Waals surface area contributed by atoms with Crippen LogP contribution in [-0.4, -0.2) is 31.2 Å². The van der Waals surface area contributed by atoms with Gasteiger partial charge in [0.05, 0.1) is 35.4 Å². The van der Waals surface area contributed by atoms with Crippen LogP contribution in [0.25, 0.3) is 28.2 Å². The standard InChI is InChI=1S/C22H20N6O2/c1-13-4-3-5-19(26-13)22-18(8-16(10-25-22)27-14(2)29)15-6-7-21-24-11-17(9-20(23)30)28(21)12-15/h3-8,10-12H,9H2,1-2H3,(H2,23,30)(H,27,29). The first-order valence-electron chi connectivity index (χ1n) is 9.37. The second kappa shape index (κ2) is 7.75. The van der Waals surface area contributed by atoms with Gasteiger partial charge in [0.1, 0.15) is 5.65 Å². The number of anilines is 1. The lowest BCUT2D eigenvalue weighted by Crippen LogP contribution is -2.14. The van der Waals surface area contributed by atoms with E-state index in [9.17, 15) is 9.59 Å². The van der Waals surface area contributed by atoms with Crippen molar-refractivity contribution in [3.63, 3.8) is 0 Å². The number of carbonyl (C=O) groups is 2. The quantitative estimate of drug-likeness (QED) is 0.534. The summed E-state index contributed by atoms with van der Waals surface area (Å²) in [5.74, 6) is -0.612. The highest BCUT2D eigenvalue weighted by Gasteiger charge is 2.14. The first kappa shape index (κ1) is 19.3. The molecule has 150 valence electrons. The summed E-state index contributed by atoms with van der Waals surface area (Å²) < 4.78 is 1.83. The highest BCUT2D eigenvalue weighted by atomic mass is 16.1. The van der Waals surface area contributed by atoms with Crippen molar-refractivity contribution in [2.45, 2.75) is 20.3 Å². The molecule has 0 aliphatic carbocycles. The predicted octanol–water partition coefficient (Wildman–Crippen LogP) is 2.75. The van der Waals surface area contributed by atoms with Gasteiger partial charge in [-0.15, -0.1) is 0 Å². The maximum Gasteiger partial charge on any atom is 0.223 e. The first-order chi connectivity index (χ1) is 14.4. The molecule has 0 spiro atoms. The number of primary amides is 1. The number of amides is 2. The molecule has 0 aliphatic rings. The van der Waals surface area contributed by atoms with Crippen molar-refractivity contribution in [3.05, 3.63) is 66.4 Å². The van der Waals surface area contributed by atoms with Crippen LogP contribution in [0, 0.1) is 6.92 Å². The fourth-order valence-electron chi connectivity index (χ4n) is 3.34. The van der Waals surface area contributed by atoms with Gasteiger partial charge in [0.15, 0.2) is 0 Å². The van der Waals surface area contributed by atoms with Crippen LogP contribution < -0.4 is 11.1 Å². The predicted molar refractivity (Wildman–Crippen MR) is 114 cm³/mol. The summed E-state index contributed by atoms with van der Waals surface area (Å²) in [6.07, 6.45) is 5.22. The smallest absolute Gasteiger partial charge is 0.223 e. The van der Waals surface area contributed by atoms with E-state index in [0.717, 1.165) is 22.5 Å². The molecule has 4 aromatic heterocycles. The molecule has 0 aromatic carbocycles. The zero-order valence-electron chi connectivity index (χ0n) is 16.6. The van der Waals surface area contributed by atoms with E-state index in [2.05, 4.69) is 20.3 Å². The fraction of sp³-hybridized carbons (Fsp3) is 0.136. The van der Waals surface area contributed by atoms with Gasteiger partial charge in [-0.25, -0.2) is 4.98 Å². The van der Waals surface area contributed by atoms with Gasteiger partial charge in [-0.1, -0.05) is 6.07 Å². The number of pyridine rings is 3. The molecule has 30 heavy (non-hydrogen) atoms. The largest absolute Gasteiger partial charge is 0.369 e. The number of aryl methyl sites for hydroxylation is 1. The molecule has 4 heterocycles. The molecule has 0 radical (unpaired) electrons. The number of imidazole rings is 1. The van der Waals surface area contributed by atoms with Gasteiger partial charge in [0.2, 0.25) is 11.8 Å². The van der Waals surface area contributed by atoms with Crippen molar-refractivity contribution in [1.29, 1.82) is 0 Å². The van der Waals surface area contributed by atoms with E-state index in [1.807, 2.05) is 53.9 Å². The Morgan fingerprint density at radius 2 is 1.97 bits per heavy atom. The number of fused-ring (bicyclic) bond motifs is 1. The molecule has 0 saturated heterocycles. The van der Waals surface area contributed by atoms with Gasteiger partial charge >= 0.3 is 0 Å². The van der Waals surface area contributed by atoms with Crippen LogP contribution in [0.3, 0.4) is 0 Å². The lowest BCUT2D eigenvalue weighted by molar-refractivity contribution is -0.117. The van der Waals surface area contributed by atoms with Crippen LogP contribution in [0.1, 0.15) is 18.3 Å². The molecule has 8 heteroatoms. The summed E-state index contributed by atoms with van der Waals surface area (Å²) in [4.78, 5) is 36.5. The van der Waals surface area contributed by atoms with Gasteiger partial charge in [-0.05, 0) is 37.3 Å². The van der Waals surface area contributed by atoms with Crippen molar-refractivity contribution < 1.29 is 9.59 Å². The third-order valence-corrected chi connectivity index (χ3v) is 4.59. The number of carbonyl (C=O) groups excluding carboxylic acids is 2. The Morgan fingerprint density at radius 3 is 2.70 bits per heavy atom. The minimum absolute atomic E-state index is 0.0844. The zero-order valence-corrected chi connectivity index (χ0v) is 16.6. The van der Waals surface area contributed by atoms with Gasteiger partial charge in [0, 0.05) is 36.1 Å². The Bertz CT molecular complexity index is 1280. The minimum atomic E-state index is -0.429. The number of nitrogens with two attached hydrogens (primary N) is 1. The number of hydrogen-bond donors (Lipinski definition) is 2. The maximum absolute atomic E-state index is 11.5. The Balaban J connectivity index is 1.91. The second-order valence-electron chi connectivity index (χ2n) is 7.00. The molecule has 0 aliphatic heterocycles. The summed E-state index contributed by atoms with van der Waals surface area (Å²) in [5.41, 5.74) is 11.3. The summed E-state index contributed by atoms with van der Waals surface area (Å²) in [7, 11) is 0. The highest BCUT2D eigenvalue weighted by molar-refractivity contribution is 5.91.